The van der Waals surface area contributed by atoms with Gasteiger partial charge in [0.05, 0.1) is 18.4 Å². The molecule has 0 aromatic carbocycles. The van der Waals surface area contributed by atoms with Crippen LogP contribution in [0.1, 0.15) is 18.7 Å². The minimum absolute atomic E-state index is 0.179. The Kier molecular flexibility index (Phi) is 3.09. The Morgan fingerprint density at radius 3 is 2.88 bits per heavy atom. The van der Waals surface area contributed by atoms with Gasteiger partial charge in [-0.25, -0.2) is 4.99 Å². The third-order valence-electron chi connectivity index (χ3n) is 2.36. The van der Waals surface area contributed by atoms with E-state index >= 15 is 0 Å². The lowest BCUT2D eigenvalue weighted by molar-refractivity contribution is 0.318. The first kappa shape index (κ1) is 12.0. The van der Waals surface area contributed by atoms with Gasteiger partial charge in [-0.1, -0.05) is 34.8 Å². The van der Waals surface area contributed by atoms with E-state index in [1.165, 1.54) is 0 Å². The van der Waals surface area contributed by atoms with Gasteiger partial charge in [0, 0.05) is 0 Å². The number of halogens is 3. The molecular formula is C9H10Cl3N3O. The molecule has 0 spiro atoms. The monoisotopic (exact) mass is 281 g/mol. The van der Waals surface area contributed by atoms with Gasteiger partial charge in [-0.3, -0.25) is 0 Å². The van der Waals surface area contributed by atoms with E-state index in [2.05, 4.69) is 4.99 Å². The molecule has 1 aromatic heterocycles. The molecule has 1 atom stereocenters. The van der Waals surface area contributed by atoms with Crippen LogP contribution < -0.4 is 5.73 Å². The second kappa shape index (κ2) is 4.11. The van der Waals surface area contributed by atoms with Gasteiger partial charge in [0.1, 0.15) is 12.0 Å². The maximum Gasteiger partial charge on any atom is 0.226 e. The molecule has 7 heteroatoms. The molecule has 0 saturated heterocycles. The minimum Gasteiger partial charge on any atom is -0.446 e. The Balaban J connectivity index is 2.30. The van der Waals surface area contributed by atoms with Crippen LogP contribution in [0, 0.1) is 0 Å². The minimum atomic E-state index is -1.39. The second-order valence-corrected chi connectivity index (χ2v) is 6.04. The zero-order chi connectivity index (χ0) is 11.9. The van der Waals surface area contributed by atoms with Gasteiger partial charge in [0.15, 0.2) is 0 Å². The first-order chi connectivity index (χ1) is 7.38. The van der Waals surface area contributed by atoms with E-state index in [-0.39, 0.29) is 6.54 Å². The van der Waals surface area contributed by atoms with Crippen molar-refractivity contribution in [3.8, 4) is 0 Å². The average Bonchev–Trinajstić information content (AvgIpc) is 2.58. The van der Waals surface area contributed by atoms with Crippen LogP contribution in [-0.2, 0) is 0 Å². The molecule has 2 N–H and O–H groups in total. The van der Waals surface area contributed by atoms with Crippen LogP contribution in [0.15, 0.2) is 21.7 Å². The summed E-state index contributed by atoms with van der Waals surface area (Å²) in [5.74, 6) is 1.19. The molecule has 16 heavy (non-hydrogen) atoms. The molecule has 0 aliphatic carbocycles. The van der Waals surface area contributed by atoms with Gasteiger partial charge in [0.25, 0.3) is 0 Å². The van der Waals surface area contributed by atoms with Gasteiger partial charge in [0.2, 0.25) is 9.68 Å². The number of hydrogen-bond acceptors (Lipinski definition) is 4. The molecular weight excluding hydrogens is 272 g/mol. The topological polar surface area (TPSA) is 54.8 Å². The van der Waals surface area contributed by atoms with E-state index in [0.717, 1.165) is 5.56 Å². The van der Waals surface area contributed by atoms with E-state index in [1.807, 2.05) is 0 Å². The Labute approximate surface area is 108 Å². The number of alkyl halides is 3. The number of nitrogens with zero attached hydrogens (tertiary/aromatic N) is 2. The zero-order valence-corrected chi connectivity index (χ0v) is 10.7. The van der Waals surface area contributed by atoms with Crippen molar-refractivity contribution in [3.63, 3.8) is 0 Å². The van der Waals surface area contributed by atoms with Crippen molar-refractivity contribution in [1.82, 2.24) is 4.90 Å². The van der Waals surface area contributed by atoms with Gasteiger partial charge in [-0.05, 0) is 13.0 Å². The molecule has 2 rings (SSSR count). The molecule has 0 bridgehead atoms. The summed E-state index contributed by atoms with van der Waals surface area (Å²) in [6, 6.07) is 1.77. The van der Waals surface area contributed by atoms with Crippen LogP contribution in [-0.4, -0.2) is 21.1 Å². The highest BCUT2D eigenvalue weighted by atomic mass is 35.6. The first-order valence-electron chi connectivity index (χ1n) is 4.60. The number of hydrogen-bond donors (Lipinski definition) is 1. The fraction of sp³-hybridized carbons (Fsp3) is 0.444. The molecule has 1 aliphatic rings. The largest absolute Gasteiger partial charge is 0.446 e. The Bertz CT molecular complexity index is 424. The van der Waals surface area contributed by atoms with Gasteiger partial charge >= 0.3 is 0 Å². The Morgan fingerprint density at radius 2 is 2.25 bits per heavy atom. The van der Waals surface area contributed by atoms with Gasteiger partial charge in [-0.2, -0.15) is 0 Å². The normalized spacial score (nSPS) is 20.7. The highest BCUT2D eigenvalue weighted by Gasteiger charge is 2.32. The number of fused-ring (bicyclic) bond motifs is 1. The highest BCUT2D eigenvalue weighted by Crippen LogP contribution is 2.36. The summed E-state index contributed by atoms with van der Waals surface area (Å²) in [6.45, 7) is 1.97. The summed E-state index contributed by atoms with van der Waals surface area (Å²) < 4.78 is 3.79. The molecule has 1 aliphatic heterocycles. The van der Waals surface area contributed by atoms with Crippen LogP contribution in [0.2, 0.25) is 0 Å². The van der Waals surface area contributed by atoms with Crippen molar-refractivity contribution in [2.45, 2.75) is 16.9 Å². The van der Waals surface area contributed by atoms with Crippen LogP contribution in [0.4, 0.5) is 5.88 Å². The molecule has 4 nitrogen and oxygen atoms in total. The fourth-order valence-corrected chi connectivity index (χ4v) is 2.00. The van der Waals surface area contributed by atoms with Crippen LogP contribution in [0.5, 0.6) is 0 Å². The summed E-state index contributed by atoms with van der Waals surface area (Å²) in [4.78, 5) is 5.97. The number of amidine groups is 1. The highest BCUT2D eigenvalue weighted by molar-refractivity contribution is 6.67. The molecule has 0 amide bonds. The lowest BCUT2D eigenvalue weighted by Gasteiger charge is -2.34. The lowest BCUT2D eigenvalue weighted by atomic mass is 10.2. The average molecular weight is 283 g/mol. The van der Waals surface area contributed by atoms with E-state index in [4.69, 9.17) is 45.0 Å². The molecule has 1 aromatic rings. The standard InChI is InChI=1S/C9H10Cl3N3O/c1-5-14-8-6(2-3-16-8)7(13)15(5)4-9(10,11)12/h2-3,7H,4,13H2,1H3/t7-/m1/s1. The summed E-state index contributed by atoms with van der Waals surface area (Å²) in [6.07, 6.45) is 1.14. The lowest BCUT2D eigenvalue weighted by Crippen LogP contribution is -2.44. The van der Waals surface area contributed by atoms with Crippen LogP contribution >= 0.6 is 34.8 Å². The predicted octanol–water partition coefficient (Wildman–Crippen LogP) is 2.97. The first-order valence-corrected chi connectivity index (χ1v) is 5.73. The van der Waals surface area contributed by atoms with Crippen molar-refractivity contribution in [1.29, 1.82) is 0 Å². The smallest absolute Gasteiger partial charge is 0.226 e. The number of furan rings is 1. The quantitative estimate of drug-likeness (QED) is 0.806. The number of nitrogens with two attached hydrogens (primary N) is 1. The summed E-state index contributed by atoms with van der Waals surface area (Å²) in [7, 11) is 0. The van der Waals surface area contributed by atoms with Crippen LogP contribution in [0.25, 0.3) is 0 Å². The van der Waals surface area contributed by atoms with E-state index in [9.17, 15) is 0 Å². The second-order valence-electron chi connectivity index (χ2n) is 3.53. The number of rotatable bonds is 1. The number of aliphatic imine (C=N–C) groups is 1. The van der Waals surface area contributed by atoms with Crippen molar-refractivity contribution in [2.24, 2.45) is 10.7 Å². The molecule has 0 radical (unpaired) electrons. The maximum absolute atomic E-state index is 6.04. The fourth-order valence-electron chi connectivity index (χ4n) is 1.61. The van der Waals surface area contributed by atoms with Crippen molar-refractivity contribution in [3.05, 3.63) is 17.9 Å². The summed E-state index contributed by atoms with van der Waals surface area (Å²) in [5.41, 5.74) is 6.83. The van der Waals surface area contributed by atoms with Gasteiger partial charge in [-0.15, -0.1) is 0 Å². The van der Waals surface area contributed by atoms with E-state index in [0.29, 0.717) is 11.7 Å². The SMILES string of the molecule is CC1=Nc2occc2[C@H](N)N1CC(Cl)(Cl)Cl. The van der Waals surface area contributed by atoms with Crippen molar-refractivity contribution < 1.29 is 4.42 Å². The Morgan fingerprint density at radius 1 is 1.56 bits per heavy atom. The van der Waals surface area contributed by atoms with Crippen molar-refractivity contribution in [2.75, 3.05) is 6.54 Å². The van der Waals surface area contributed by atoms with Crippen LogP contribution in [0.3, 0.4) is 0 Å². The van der Waals surface area contributed by atoms with E-state index < -0.39 is 9.96 Å². The Hall–Kier alpha value is -0.420. The summed E-state index contributed by atoms with van der Waals surface area (Å²) >= 11 is 17.3. The molecule has 2 heterocycles. The van der Waals surface area contributed by atoms with E-state index in [1.54, 1.807) is 24.2 Å². The van der Waals surface area contributed by atoms with Crippen molar-refractivity contribution >= 4 is 46.5 Å². The molecule has 0 unspecified atom stereocenters. The molecule has 0 saturated carbocycles. The summed E-state index contributed by atoms with van der Waals surface area (Å²) in [5, 5.41) is 0. The molecule has 0 fully saturated rings. The van der Waals surface area contributed by atoms with Gasteiger partial charge < -0.3 is 15.1 Å². The maximum atomic E-state index is 6.04. The third-order valence-corrected chi connectivity index (χ3v) is 2.72. The zero-order valence-electron chi connectivity index (χ0n) is 8.45. The molecule has 88 valence electrons. The third kappa shape index (κ3) is 2.30. The predicted molar refractivity (Wildman–Crippen MR) is 65.4 cm³/mol.